The quantitative estimate of drug-likeness (QED) is 0.800. The van der Waals surface area contributed by atoms with Crippen LogP contribution in [-0.4, -0.2) is 16.9 Å². The molecule has 0 spiro atoms. The minimum absolute atomic E-state index is 0.213. The number of halogens is 1. The molecule has 0 bridgehead atoms. The number of para-hydroxylation sites is 1. The fourth-order valence-electron chi connectivity index (χ4n) is 1.76. The highest BCUT2D eigenvalue weighted by molar-refractivity contribution is 7.18. The summed E-state index contributed by atoms with van der Waals surface area (Å²) >= 11 is 7.33. The standard InChI is InChI=1S/C14H17ClN4OS/c1-7(2)17-14-19-12(16)11(21-14)13(20)18-10-8(3)5-4-6-9(10)15/h4-7H,16H2,1-3H3,(H,17,19)(H,18,20). The van der Waals surface area contributed by atoms with E-state index in [1.54, 1.807) is 6.07 Å². The summed E-state index contributed by atoms with van der Waals surface area (Å²) < 4.78 is 0. The zero-order chi connectivity index (χ0) is 15.6. The van der Waals surface area contributed by atoms with E-state index >= 15 is 0 Å². The maximum atomic E-state index is 12.3. The van der Waals surface area contributed by atoms with E-state index in [9.17, 15) is 4.79 Å². The van der Waals surface area contributed by atoms with Crippen molar-refractivity contribution in [2.45, 2.75) is 26.8 Å². The van der Waals surface area contributed by atoms with Crippen LogP contribution in [0.15, 0.2) is 18.2 Å². The Hall–Kier alpha value is -1.79. The molecule has 1 aromatic carbocycles. The maximum absolute atomic E-state index is 12.3. The SMILES string of the molecule is Cc1cccc(Cl)c1NC(=O)c1sc(NC(C)C)nc1N. The Morgan fingerprint density at radius 2 is 2.14 bits per heavy atom. The average Bonchev–Trinajstić information content (AvgIpc) is 2.74. The fraction of sp³-hybridized carbons (Fsp3) is 0.286. The third-order valence-electron chi connectivity index (χ3n) is 2.73. The lowest BCUT2D eigenvalue weighted by molar-refractivity contribution is 0.103. The van der Waals surface area contributed by atoms with Crippen molar-refractivity contribution in [1.82, 2.24) is 4.98 Å². The van der Waals surface area contributed by atoms with Crippen LogP contribution in [0.5, 0.6) is 0 Å². The van der Waals surface area contributed by atoms with Crippen molar-refractivity contribution < 1.29 is 4.79 Å². The first kappa shape index (κ1) is 15.6. The number of nitrogen functional groups attached to an aromatic ring is 1. The minimum Gasteiger partial charge on any atom is -0.382 e. The monoisotopic (exact) mass is 324 g/mol. The molecular formula is C14H17ClN4OS. The van der Waals surface area contributed by atoms with Crippen LogP contribution in [-0.2, 0) is 0 Å². The fourth-order valence-corrected chi connectivity index (χ4v) is 2.96. The minimum atomic E-state index is -0.307. The Kier molecular flexibility index (Phi) is 4.69. The summed E-state index contributed by atoms with van der Waals surface area (Å²) in [6.07, 6.45) is 0. The molecule has 0 aliphatic heterocycles. The second-order valence-corrected chi connectivity index (χ2v) is 6.32. The van der Waals surface area contributed by atoms with Gasteiger partial charge in [0.15, 0.2) is 5.13 Å². The first-order valence-corrected chi connectivity index (χ1v) is 7.67. The van der Waals surface area contributed by atoms with Crippen LogP contribution in [0.4, 0.5) is 16.6 Å². The van der Waals surface area contributed by atoms with Gasteiger partial charge < -0.3 is 16.4 Å². The van der Waals surface area contributed by atoms with E-state index in [2.05, 4.69) is 15.6 Å². The lowest BCUT2D eigenvalue weighted by Crippen LogP contribution is -2.13. The number of aryl methyl sites for hydroxylation is 1. The van der Waals surface area contributed by atoms with Gasteiger partial charge in [-0.25, -0.2) is 4.98 Å². The van der Waals surface area contributed by atoms with Gasteiger partial charge in [-0.3, -0.25) is 4.79 Å². The van der Waals surface area contributed by atoms with Gasteiger partial charge in [-0.15, -0.1) is 0 Å². The molecule has 0 unspecified atom stereocenters. The lowest BCUT2D eigenvalue weighted by Gasteiger charge is -2.09. The Morgan fingerprint density at radius 1 is 1.43 bits per heavy atom. The highest BCUT2D eigenvalue weighted by Crippen LogP contribution is 2.29. The number of carbonyl (C=O) groups is 1. The van der Waals surface area contributed by atoms with Crippen molar-refractivity contribution in [2.75, 3.05) is 16.4 Å². The zero-order valence-corrected chi connectivity index (χ0v) is 13.6. The zero-order valence-electron chi connectivity index (χ0n) is 12.0. The van der Waals surface area contributed by atoms with E-state index in [4.69, 9.17) is 17.3 Å². The van der Waals surface area contributed by atoms with Gasteiger partial charge in [0.2, 0.25) is 0 Å². The van der Waals surface area contributed by atoms with Crippen LogP contribution < -0.4 is 16.4 Å². The van der Waals surface area contributed by atoms with Crippen molar-refractivity contribution in [2.24, 2.45) is 0 Å². The van der Waals surface area contributed by atoms with Crippen molar-refractivity contribution in [3.63, 3.8) is 0 Å². The summed E-state index contributed by atoms with van der Waals surface area (Å²) in [6.45, 7) is 5.86. The number of benzene rings is 1. The van der Waals surface area contributed by atoms with Gasteiger partial charge in [0.25, 0.3) is 5.91 Å². The molecule has 1 heterocycles. The van der Waals surface area contributed by atoms with Gasteiger partial charge in [-0.2, -0.15) is 0 Å². The van der Waals surface area contributed by atoms with Gasteiger partial charge in [-0.05, 0) is 32.4 Å². The number of amides is 1. The third-order valence-corrected chi connectivity index (χ3v) is 4.05. The highest BCUT2D eigenvalue weighted by atomic mass is 35.5. The smallest absolute Gasteiger partial charge is 0.269 e. The Morgan fingerprint density at radius 3 is 2.76 bits per heavy atom. The predicted octanol–water partition coefficient (Wildman–Crippen LogP) is 3.76. The summed E-state index contributed by atoms with van der Waals surface area (Å²) in [5.74, 6) is -0.0941. The second-order valence-electron chi connectivity index (χ2n) is 4.92. The normalized spacial score (nSPS) is 10.7. The molecular weight excluding hydrogens is 308 g/mol. The molecule has 0 saturated carbocycles. The van der Waals surface area contributed by atoms with Crippen LogP contribution in [0, 0.1) is 6.92 Å². The molecule has 0 saturated heterocycles. The van der Waals surface area contributed by atoms with Crippen LogP contribution >= 0.6 is 22.9 Å². The van der Waals surface area contributed by atoms with E-state index in [0.29, 0.717) is 20.7 Å². The second kappa shape index (κ2) is 6.32. The van der Waals surface area contributed by atoms with Crippen LogP contribution in [0.2, 0.25) is 5.02 Å². The molecule has 21 heavy (non-hydrogen) atoms. The van der Waals surface area contributed by atoms with Crippen LogP contribution in [0.1, 0.15) is 29.1 Å². The van der Waals surface area contributed by atoms with Crippen LogP contribution in [0.3, 0.4) is 0 Å². The number of rotatable bonds is 4. The number of nitrogens with zero attached hydrogens (tertiary/aromatic N) is 1. The first-order valence-electron chi connectivity index (χ1n) is 6.47. The summed E-state index contributed by atoms with van der Waals surface area (Å²) in [6, 6.07) is 5.66. The van der Waals surface area contributed by atoms with Crippen molar-refractivity contribution in [3.05, 3.63) is 33.7 Å². The molecule has 1 aromatic heterocycles. The molecule has 0 aliphatic carbocycles. The van der Waals surface area contributed by atoms with Gasteiger partial charge in [0, 0.05) is 6.04 Å². The van der Waals surface area contributed by atoms with E-state index in [1.807, 2.05) is 32.9 Å². The Balaban J connectivity index is 2.23. The predicted molar refractivity (Wildman–Crippen MR) is 89.4 cm³/mol. The summed E-state index contributed by atoms with van der Waals surface area (Å²) in [5.41, 5.74) is 7.29. The molecule has 112 valence electrons. The number of nitrogens with two attached hydrogens (primary N) is 1. The summed E-state index contributed by atoms with van der Waals surface area (Å²) in [4.78, 5) is 16.9. The van der Waals surface area contributed by atoms with Crippen molar-refractivity contribution >= 4 is 45.5 Å². The van der Waals surface area contributed by atoms with Gasteiger partial charge in [0.1, 0.15) is 10.7 Å². The molecule has 1 amide bonds. The summed E-state index contributed by atoms with van der Waals surface area (Å²) in [7, 11) is 0. The molecule has 2 rings (SSSR count). The Bertz CT molecular complexity index is 649. The molecule has 0 fully saturated rings. The number of hydrogen-bond acceptors (Lipinski definition) is 5. The van der Waals surface area contributed by atoms with Crippen LogP contribution in [0.25, 0.3) is 0 Å². The van der Waals surface area contributed by atoms with E-state index in [-0.39, 0.29) is 17.8 Å². The molecule has 2 aromatic rings. The van der Waals surface area contributed by atoms with Gasteiger partial charge in [-0.1, -0.05) is 35.1 Å². The molecule has 5 nitrogen and oxygen atoms in total. The van der Waals surface area contributed by atoms with Gasteiger partial charge in [0.05, 0.1) is 10.7 Å². The lowest BCUT2D eigenvalue weighted by atomic mass is 10.2. The third kappa shape index (κ3) is 3.65. The van der Waals surface area contributed by atoms with E-state index in [1.165, 1.54) is 11.3 Å². The first-order chi connectivity index (χ1) is 9.88. The van der Waals surface area contributed by atoms with Crippen molar-refractivity contribution in [3.8, 4) is 0 Å². The van der Waals surface area contributed by atoms with Crippen molar-refractivity contribution in [1.29, 1.82) is 0 Å². The number of thiazole rings is 1. The summed E-state index contributed by atoms with van der Waals surface area (Å²) in [5, 5.41) is 7.04. The molecule has 0 aliphatic rings. The number of carbonyl (C=O) groups excluding carboxylic acids is 1. The largest absolute Gasteiger partial charge is 0.382 e. The Labute approximate surface area is 132 Å². The molecule has 7 heteroatoms. The van der Waals surface area contributed by atoms with Gasteiger partial charge >= 0.3 is 0 Å². The number of aromatic nitrogens is 1. The number of anilines is 3. The van der Waals surface area contributed by atoms with E-state index < -0.39 is 0 Å². The molecule has 4 N–H and O–H groups in total. The highest BCUT2D eigenvalue weighted by Gasteiger charge is 2.18. The number of hydrogen-bond donors (Lipinski definition) is 3. The average molecular weight is 325 g/mol. The number of nitrogens with one attached hydrogen (secondary N) is 2. The molecule has 0 radical (unpaired) electrons. The topological polar surface area (TPSA) is 80.0 Å². The van der Waals surface area contributed by atoms with E-state index in [0.717, 1.165) is 5.56 Å². The maximum Gasteiger partial charge on any atom is 0.269 e. The molecule has 0 atom stereocenters.